The molecule has 1 aromatic carbocycles. The van der Waals surface area contributed by atoms with Crippen LogP contribution < -0.4 is 10.1 Å². The maximum atomic E-state index is 13.8. The molecule has 4 atom stereocenters. The summed E-state index contributed by atoms with van der Waals surface area (Å²) >= 11 is 0. The van der Waals surface area contributed by atoms with E-state index in [1.165, 1.54) is 6.08 Å². The molecule has 0 bridgehead atoms. The molecule has 3 aromatic rings. The van der Waals surface area contributed by atoms with Crippen molar-refractivity contribution in [2.75, 3.05) is 20.3 Å². The zero-order chi connectivity index (χ0) is 26.2. The highest BCUT2D eigenvalue weighted by Crippen LogP contribution is 2.26. The van der Waals surface area contributed by atoms with E-state index >= 15 is 0 Å². The molecule has 4 rings (SSSR count). The molecule has 7 nitrogen and oxygen atoms in total. The Bertz CT molecular complexity index is 1250. The summed E-state index contributed by atoms with van der Waals surface area (Å²) in [7, 11) is 1.57. The van der Waals surface area contributed by atoms with Crippen LogP contribution in [0.5, 0.6) is 5.88 Å². The van der Waals surface area contributed by atoms with Gasteiger partial charge < -0.3 is 25.0 Å². The van der Waals surface area contributed by atoms with Crippen molar-refractivity contribution in [3.05, 3.63) is 77.5 Å². The molecular formula is C28H31F2N3O4. The summed E-state index contributed by atoms with van der Waals surface area (Å²) in [4.78, 5) is 8.86. The zero-order valence-electron chi connectivity index (χ0n) is 20.6. The van der Waals surface area contributed by atoms with Gasteiger partial charge in [0.15, 0.2) is 0 Å². The molecule has 3 heterocycles. The number of nitrogens with one attached hydrogen (secondary N) is 1. The first-order chi connectivity index (χ1) is 18.0. The lowest BCUT2D eigenvalue weighted by Crippen LogP contribution is -2.48. The summed E-state index contributed by atoms with van der Waals surface area (Å²) in [6.45, 7) is 0.0507. The summed E-state index contributed by atoms with van der Waals surface area (Å²) in [6, 6.07) is 8.73. The van der Waals surface area contributed by atoms with Crippen LogP contribution in [0.3, 0.4) is 0 Å². The van der Waals surface area contributed by atoms with Gasteiger partial charge in [0.2, 0.25) is 5.88 Å². The van der Waals surface area contributed by atoms with Gasteiger partial charge in [-0.05, 0) is 43.2 Å². The van der Waals surface area contributed by atoms with Crippen molar-refractivity contribution < 1.29 is 28.5 Å². The van der Waals surface area contributed by atoms with Crippen LogP contribution in [-0.2, 0) is 4.74 Å². The fourth-order valence-electron chi connectivity index (χ4n) is 4.39. The summed E-state index contributed by atoms with van der Waals surface area (Å²) < 4.78 is 38.7. The standard InChI is InChI=1S/C28H31F2N3O4/c1-36-27-11-10-25-28(33-27)18(12-14-32-25)4-6-22-7-9-24(26(37-22)16-21(35)17-34)31-13-2-3-19-15-20(29)5-8-23(19)30/h2-6,8,10-12,14-15,21-22,24,26,31,34-35H,7,9,13,16-17H2,1H3/t21-,22+,24+,26+/m0/s1. The first-order valence-electron chi connectivity index (χ1n) is 12.2. The SMILES string of the molecule is COc1ccc2nccc(C=C[C@@H]3CC[C@@H](NCC=Cc4cc(F)ccc4F)[C@@H](C[C@H](O)CO)O3)c2n1. The van der Waals surface area contributed by atoms with Crippen molar-refractivity contribution >= 4 is 23.2 Å². The number of methoxy groups -OCH3 is 1. The normalized spacial score (nSPS) is 21.2. The monoisotopic (exact) mass is 511 g/mol. The molecular weight excluding hydrogens is 480 g/mol. The number of ether oxygens (including phenoxy) is 2. The van der Waals surface area contributed by atoms with E-state index in [0.29, 0.717) is 12.4 Å². The Morgan fingerprint density at radius 1 is 1.16 bits per heavy atom. The number of aliphatic hydroxyl groups excluding tert-OH is 2. The Balaban J connectivity index is 1.41. The van der Waals surface area contributed by atoms with E-state index in [0.717, 1.165) is 47.6 Å². The molecule has 196 valence electrons. The molecule has 1 aliphatic rings. The Morgan fingerprint density at radius 3 is 2.84 bits per heavy atom. The van der Waals surface area contributed by atoms with E-state index in [1.807, 2.05) is 24.3 Å². The molecule has 37 heavy (non-hydrogen) atoms. The average molecular weight is 512 g/mol. The van der Waals surface area contributed by atoms with E-state index < -0.39 is 17.7 Å². The molecule has 9 heteroatoms. The van der Waals surface area contributed by atoms with Crippen LogP contribution in [0.15, 0.2) is 54.7 Å². The molecule has 1 aliphatic heterocycles. The van der Waals surface area contributed by atoms with Crippen molar-refractivity contribution in [2.45, 2.75) is 43.6 Å². The number of hydrogen-bond donors (Lipinski definition) is 3. The molecule has 1 fully saturated rings. The van der Waals surface area contributed by atoms with Crippen molar-refractivity contribution in [1.82, 2.24) is 15.3 Å². The van der Waals surface area contributed by atoms with Crippen LogP contribution in [0, 0.1) is 11.6 Å². The summed E-state index contributed by atoms with van der Waals surface area (Å²) in [5.74, 6) is -0.486. The minimum atomic E-state index is -0.908. The Morgan fingerprint density at radius 2 is 2.03 bits per heavy atom. The molecule has 1 saturated heterocycles. The third-order valence-electron chi connectivity index (χ3n) is 6.32. The third-order valence-corrected chi connectivity index (χ3v) is 6.32. The second-order valence-electron chi connectivity index (χ2n) is 8.93. The number of benzene rings is 1. The lowest BCUT2D eigenvalue weighted by atomic mass is 9.94. The first-order valence-corrected chi connectivity index (χ1v) is 12.2. The predicted molar refractivity (Wildman–Crippen MR) is 138 cm³/mol. The van der Waals surface area contributed by atoms with Gasteiger partial charge in [0, 0.05) is 42.4 Å². The van der Waals surface area contributed by atoms with Crippen LogP contribution >= 0.6 is 0 Å². The van der Waals surface area contributed by atoms with Crippen LogP contribution in [0.1, 0.15) is 30.4 Å². The lowest BCUT2D eigenvalue weighted by Gasteiger charge is -2.37. The number of aromatic nitrogens is 2. The molecule has 0 aliphatic carbocycles. The van der Waals surface area contributed by atoms with E-state index in [4.69, 9.17) is 9.47 Å². The maximum absolute atomic E-state index is 13.8. The quantitative estimate of drug-likeness (QED) is 0.380. The van der Waals surface area contributed by atoms with Crippen molar-refractivity contribution in [3.63, 3.8) is 0 Å². The van der Waals surface area contributed by atoms with Crippen LogP contribution in [0.2, 0.25) is 0 Å². The number of hydrogen-bond acceptors (Lipinski definition) is 7. The maximum Gasteiger partial charge on any atom is 0.213 e. The van der Waals surface area contributed by atoms with Gasteiger partial charge in [-0.15, -0.1) is 0 Å². The summed E-state index contributed by atoms with van der Waals surface area (Å²) in [5, 5.41) is 22.8. The number of fused-ring (bicyclic) bond motifs is 1. The molecule has 0 saturated carbocycles. The van der Waals surface area contributed by atoms with E-state index in [9.17, 15) is 19.0 Å². The average Bonchev–Trinajstić information content (AvgIpc) is 2.92. The number of halogens is 2. The summed E-state index contributed by atoms with van der Waals surface area (Å²) in [5.41, 5.74) is 2.54. The van der Waals surface area contributed by atoms with Gasteiger partial charge in [-0.1, -0.05) is 24.3 Å². The number of aliphatic hydroxyl groups is 2. The molecule has 3 N–H and O–H groups in total. The van der Waals surface area contributed by atoms with Gasteiger partial charge in [-0.25, -0.2) is 13.8 Å². The van der Waals surface area contributed by atoms with Crippen molar-refractivity contribution in [3.8, 4) is 5.88 Å². The Labute approximate surface area is 214 Å². The van der Waals surface area contributed by atoms with E-state index in [1.54, 1.807) is 25.4 Å². The van der Waals surface area contributed by atoms with Crippen molar-refractivity contribution in [1.29, 1.82) is 0 Å². The van der Waals surface area contributed by atoms with Gasteiger partial charge in [-0.3, -0.25) is 4.98 Å². The van der Waals surface area contributed by atoms with E-state index in [-0.39, 0.29) is 36.8 Å². The number of pyridine rings is 2. The fraction of sp³-hybridized carbons (Fsp3) is 0.357. The summed E-state index contributed by atoms with van der Waals surface area (Å²) in [6.07, 6.45) is 9.21. The largest absolute Gasteiger partial charge is 0.481 e. The third kappa shape index (κ3) is 7.17. The Hall–Kier alpha value is -3.24. The predicted octanol–water partition coefficient (Wildman–Crippen LogP) is 3.89. The minimum absolute atomic E-state index is 0.0828. The lowest BCUT2D eigenvalue weighted by molar-refractivity contribution is -0.0714. The van der Waals surface area contributed by atoms with Gasteiger partial charge in [0.1, 0.15) is 11.6 Å². The highest BCUT2D eigenvalue weighted by molar-refractivity contribution is 5.84. The second-order valence-corrected chi connectivity index (χ2v) is 8.93. The highest BCUT2D eigenvalue weighted by atomic mass is 19.1. The molecule has 0 unspecified atom stereocenters. The van der Waals surface area contributed by atoms with Crippen LogP contribution in [0.4, 0.5) is 8.78 Å². The smallest absolute Gasteiger partial charge is 0.213 e. The fourth-order valence-corrected chi connectivity index (χ4v) is 4.39. The molecule has 2 aromatic heterocycles. The van der Waals surface area contributed by atoms with Crippen LogP contribution in [-0.4, -0.2) is 64.8 Å². The number of nitrogens with zero attached hydrogens (tertiary/aromatic N) is 2. The topological polar surface area (TPSA) is 96.7 Å². The molecule has 0 radical (unpaired) electrons. The van der Waals surface area contributed by atoms with Crippen molar-refractivity contribution in [2.24, 2.45) is 0 Å². The highest BCUT2D eigenvalue weighted by Gasteiger charge is 2.31. The molecule has 0 spiro atoms. The Kier molecular flexibility index (Phi) is 9.29. The minimum Gasteiger partial charge on any atom is -0.481 e. The van der Waals surface area contributed by atoms with Gasteiger partial charge in [0.05, 0.1) is 43.1 Å². The van der Waals surface area contributed by atoms with Gasteiger partial charge in [-0.2, -0.15) is 0 Å². The van der Waals surface area contributed by atoms with Crippen LogP contribution in [0.25, 0.3) is 23.2 Å². The van der Waals surface area contributed by atoms with Gasteiger partial charge >= 0.3 is 0 Å². The van der Waals surface area contributed by atoms with E-state index in [2.05, 4.69) is 15.3 Å². The molecule has 0 amide bonds. The first kappa shape index (κ1) is 26.8. The number of rotatable bonds is 10. The van der Waals surface area contributed by atoms with Gasteiger partial charge in [0.25, 0.3) is 0 Å². The zero-order valence-corrected chi connectivity index (χ0v) is 20.6. The second kappa shape index (κ2) is 12.8.